The van der Waals surface area contributed by atoms with Gasteiger partial charge in [-0.15, -0.1) is 0 Å². The molecule has 1 aromatic carbocycles. The fraction of sp³-hybridized carbons (Fsp3) is 0.417. The number of halogens is 1. The molecule has 1 unspecified atom stereocenters. The molecule has 2 heterocycles. The molecule has 17 heavy (non-hydrogen) atoms. The minimum absolute atomic E-state index is 0.0191. The number of thioether (sulfide) groups is 1. The van der Waals surface area contributed by atoms with Crippen LogP contribution in [0.4, 0.5) is 0 Å². The number of fused-ring (bicyclic) bond motifs is 1. The standard InChI is InChI=1S/C12H13BrN2OS/c13-8-3-4-10-11(6-8)15(12(16)14-10)9-2-1-5-17-7-9/h3-4,6,9H,1-2,5,7H2,(H,14,16). The van der Waals surface area contributed by atoms with Gasteiger partial charge >= 0.3 is 5.69 Å². The maximum absolute atomic E-state index is 12.0. The second-order valence-corrected chi connectivity index (χ2v) is 6.40. The second-order valence-electron chi connectivity index (χ2n) is 4.33. The van der Waals surface area contributed by atoms with Crippen LogP contribution in [0.5, 0.6) is 0 Å². The van der Waals surface area contributed by atoms with Gasteiger partial charge < -0.3 is 4.98 Å². The molecular formula is C12H13BrN2OS. The fourth-order valence-electron chi connectivity index (χ4n) is 2.38. The molecule has 0 spiro atoms. The van der Waals surface area contributed by atoms with E-state index in [1.54, 1.807) is 0 Å². The summed E-state index contributed by atoms with van der Waals surface area (Å²) < 4.78 is 2.94. The highest BCUT2D eigenvalue weighted by atomic mass is 79.9. The molecule has 2 aromatic rings. The van der Waals surface area contributed by atoms with Crippen molar-refractivity contribution in [1.82, 2.24) is 9.55 Å². The van der Waals surface area contributed by atoms with E-state index in [1.165, 1.54) is 12.2 Å². The number of rotatable bonds is 1. The quantitative estimate of drug-likeness (QED) is 0.878. The van der Waals surface area contributed by atoms with Crippen LogP contribution < -0.4 is 5.69 Å². The Balaban J connectivity index is 2.16. The van der Waals surface area contributed by atoms with Crippen molar-refractivity contribution in [1.29, 1.82) is 0 Å². The molecule has 3 nitrogen and oxygen atoms in total. The van der Waals surface area contributed by atoms with Crippen LogP contribution in [0.2, 0.25) is 0 Å². The van der Waals surface area contributed by atoms with Crippen LogP contribution in [-0.2, 0) is 0 Å². The van der Waals surface area contributed by atoms with Crippen LogP contribution in [0.15, 0.2) is 27.5 Å². The number of nitrogens with one attached hydrogen (secondary N) is 1. The first-order valence-corrected chi connectivity index (χ1v) is 7.68. The smallest absolute Gasteiger partial charge is 0.306 e. The van der Waals surface area contributed by atoms with Crippen LogP contribution in [0.25, 0.3) is 11.0 Å². The van der Waals surface area contributed by atoms with Crippen molar-refractivity contribution in [3.05, 3.63) is 33.2 Å². The van der Waals surface area contributed by atoms with Gasteiger partial charge in [0.15, 0.2) is 0 Å². The number of aromatic nitrogens is 2. The number of hydrogen-bond donors (Lipinski definition) is 1. The average Bonchev–Trinajstić information content (AvgIpc) is 2.65. The van der Waals surface area contributed by atoms with E-state index >= 15 is 0 Å². The molecule has 0 amide bonds. The molecule has 0 saturated carbocycles. The van der Waals surface area contributed by atoms with E-state index in [1.807, 2.05) is 34.5 Å². The van der Waals surface area contributed by atoms with Crippen molar-refractivity contribution >= 4 is 38.7 Å². The number of nitrogens with zero attached hydrogens (tertiary/aromatic N) is 1. The van der Waals surface area contributed by atoms with Gasteiger partial charge in [0.1, 0.15) is 0 Å². The van der Waals surface area contributed by atoms with Gasteiger partial charge in [-0.25, -0.2) is 4.79 Å². The number of imidazole rings is 1. The van der Waals surface area contributed by atoms with Crippen molar-refractivity contribution in [3.63, 3.8) is 0 Å². The Morgan fingerprint density at radius 2 is 2.35 bits per heavy atom. The van der Waals surface area contributed by atoms with Crippen molar-refractivity contribution < 1.29 is 0 Å². The maximum atomic E-state index is 12.0. The summed E-state index contributed by atoms with van der Waals surface area (Å²) in [5.41, 5.74) is 1.95. The Labute approximate surface area is 112 Å². The predicted octanol–water partition coefficient (Wildman–Crippen LogP) is 3.16. The van der Waals surface area contributed by atoms with E-state index in [9.17, 15) is 4.79 Å². The highest BCUT2D eigenvalue weighted by Crippen LogP contribution is 2.28. The van der Waals surface area contributed by atoms with Gasteiger partial charge in [-0.05, 0) is 36.8 Å². The lowest BCUT2D eigenvalue weighted by Crippen LogP contribution is -2.25. The largest absolute Gasteiger partial charge is 0.326 e. The zero-order valence-electron chi connectivity index (χ0n) is 9.28. The second kappa shape index (κ2) is 4.53. The molecule has 1 saturated heterocycles. The van der Waals surface area contributed by atoms with Crippen molar-refractivity contribution in [2.75, 3.05) is 11.5 Å². The predicted molar refractivity (Wildman–Crippen MR) is 75.9 cm³/mol. The van der Waals surface area contributed by atoms with Crippen LogP contribution in [-0.4, -0.2) is 21.1 Å². The molecule has 1 atom stereocenters. The summed E-state index contributed by atoms with van der Waals surface area (Å²) in [5, 5.41) is 0. The van der Waals surface area contributed by atoms with Crippen molar-refractivity contribution in [3.8, 4) is 0 Å². The van der Waals surface area contributed by atoms with Crippen LogP contribution >= 0.6 is 27.7 Å². The number of H-pyrrole nitrogens is 1. The molecule has 0 aliphatic carbocycles. The van der Waals surface area contributed by atoms with E-state index in [0.717, 1.165) is 27.7 Å². The Morgan fingerprint density at radius 1 is 1.47 bits per heavy atom. The highest BCUT2D eigenvalue weighted by Gasteiger charge is 2.19. The number of hydrogen-bond acceptors (Lipinski definition) is 2. The highest BCUT2D eigenvalue weighted by molar-refractivity contribution is 9.10. The Morgan fingerprint density at radius 3 is 3.12 bits per heavy atom. The third kappa shape index (κ3) is 2.06. The van der Waals surface area contributed by atoms with Crippen molar-refractivity contribution in [2.45, 2.75) is 18.9 Å². The van der Waals surface area contributed by atoms with E-state index in [-0.39, 0.29) is 5.69 Å². The molecule has 3 rings (SSSR count). The van der Waals surface area contributed by atoms with Crippen LogP contribution in [0.1, 0.15) is 18.9 Å². The first-order chi connectivity index (χ1) is 8.25. The van der Waals surface area contributed by atoms with E-state index in [2.05, 4.69) is 20.9 Å². The van der Waals surface area contributed by atoms with Gasteiger partial charge in [0, 0.05) is 16.3 Å². The normalized spacial score (nSPS) is 20.9. The molecule has 0 radical (unpaired) electrons. The van der Waals surface area contributed by atoms with Crippen molar-refractivity contribution in [2.24, 2.45) is 0 Å². The van der Waals surface area contributed by atoms with Gasteiger partial charge in [0.2, 0.25) is 0 Å². The molecule has 1 aliphatic heterocycles. The first kappa shape index (κ1) is 11.4. The molecule has 1 fully saturated rings. The maximum Gasteiger partial charge on any atom is 0.326 e. The summed E-state index contributed by atoms with van der Waals surface area (Å²) in [6.45, 7) is 0. The van der Waals surface area contributed by atoms with Crippen LogP contribution in [0.3, 0.4) is 0 Å². The molecule has 1 N–H and O–H groups in total. The monoisotopic (exact) mass is 312 g/mol. The topological polar surface area (TPSA) is 37.8 Å². The molecule has 5 heteroatoms. The average molecular weight is 313 g/mol. The molecule has 90 valence electrons. The van der Waals surface area contributed by atoms with Crippen LogP contribution in [0, 0.1) is 0 Å². The van der Waals surface area contributed by atoms with E-state index < -0.39 is 0 Å². The molecular weight excluding hydrogens is 300 g/mol. The van der Waals surface area contributed by atoms with Gasteiger partial charge in [-0.2, -0.15) is 11.8 Å². The SMILES string of the molecule is O=c1[nH]c2ccc(Br)cc2n1C1CCCSC1. The molecule has 1 aliphatic rings. The Hall–Kier alpha value is -0.680. The fourth-order valence-corrected chi connectivity index (χ4v) is 3.86. The van der Waals surface area contributed by atoms with Gasteiger partial charge in [-0.3, -0.25) is 4.57 Å². The zero-order chi connectivity index (χ0) is 11.8. The third-order valence-corrected chi connectivity index (χ3v) is 4.87. The van der Waals surface area contributed by atoms with E-state index in [4.69, 9.17) is 0 Å². The zero-order valence-corrected chi connectivity index (χ0v) is 11.7. The Bertz CT molecular complexity index is 598. The summed E-state index contributed by atoms with van der Waals surface area (Å²) in [4.78, 5) is 15.0. The van der Waals surface area contributed by atoms with Gasteiger partial charge in [-0.1, -0.05) is 15.9 Å². The summed E-state index contributed by atoms with van der Waals surface area (Å²) in [6.07, 6.45) is 2.30. The summed E-state index contributed by atoms with van der Waals surface area (Å²) in [5.74, 6) is 2.26. The summed E-state index contributed by atoms with van der Waals surface area (Å²) >= 11 is 5.40. The minimum atomic E-state index is 0.0191. The number of benzene rings is 1. The van der Waals surface area contributed by atoms with E-state index in [0.29, 0.717) is 6.04 Å². The molecule has 0 bridgehead atoms. The lowest BCUT2D eigenvalue weighted by Gasteiger charge is -2.22. The number of aromatic amines is 1. The van der Waals surface area contributed by atoms with Gasteiger partial charge in [0.25, 0.3) is 0 Å². The minimum Gasteiger partial charge on any atom is -0.306 e. The van der Waals surface area contributed by atoms with Gasteiger partial charge in [0.05, 0.1) is 11.0 Å². The summed E-state index contributed by atoms with van der Waals surface area (Å²) in [7, 11) is 0. The lowest BCUT2D eigenvalue weighted by molar-refractivity contribution is 0.499. The third-order valence-electron chi connectivity index (χ3n) is 3.18. The summed E-state index contributed by atoms with van der Waals surface area (Å²) in [6, 6.07) is 6.27. The Kier molecular flexibility index (Phi) is 3.04. The lowest BCUT2D eigenvalue weighted by atomic mass is 10.2. The first-order valence-electron chi connectivity index (χ1n) is 5.73. The molecule has 1 aromatic heterocycles.